The van der Waals surface area contributed by atoms with Crippen LogP contribution < -0.4 is 15.5 Å². The van der Waals surface area contributed by atoms with Gasteiger partial charge in [-0.1, -0.05) is 6.92 Å². The van der Waals surface area contributed by atoms with Crippen LogP contribution in [0.3, 0.4) is 0 Å². The summed E-state index contributed by atoms with van der Waals surface area (Å²) in [4.78, 5) is 18.8. The van der Waals surface area contributed by atoms with E-state index in [1.54, 1.807) is 0 Å². The Morgan fingerprint density at radius 3 is 2.83 bits per heavy atom. The van der Waals surface area contributed by atoms with Crippen LogP contribution in [0.15, 0.2) is 24.3 Å². The molecule has 1 fully saturated rings. The standard InChI is InChI=1S/C18H24N4O2/c1-3-6-19-18(23)20-14-4-5-16-15(12-14)13(2)11-17(21-16)22-7-9-24-10-8-22/h4-5,11-12H,3,6-10H2,1-2H3,(H2,19,20,23). The minimum absolute atomic E-state index is 0.174. The number of aromatic nitrogens is 1. The molecule has 0 spiro atoms. The van der Waals surface area contributed by atoms with Gasteiger partial charge in [0.15, 0.2) is 0 Å². The minimum Gasteiger partial charge on any atom is -0.378 e. The number of benzene rings is 1. The number of carbonyl (C=O) groups is 1. The summed E-state index contributed by atoms with van der Waals surface area (Å²) in [6.07, 6.45) is 0.915. The highest BCUT2D eigenvalue weighted by molar-refractivity contribution is 5.93. The lowest BCUT2D eigenvalue weighted by Gasteiger charge is -2.28. The lowest BCUT2D eigenvalue weighted by atomic mass is 10.1. The van der Waals surface area contributed by atoms with Gasteiger partial charge in [-0.3, -0.25) is 0 Å². The zero-order chi connectivity index (χ0) is 16.9. The number of nitrogens with one attached hydrogen (secondary N) is 2. The second-order valence-electron chi connectivity index (χ2n) is 6.01. The number of amides is 2. The van der Waals surface area contributed by atoms with E-state index in [0.29, 0.717) is 6.54 Å². The Balaban J connectivity index is 1.82. The molecule has 2 heterocycles. The monoisotopic (exact) mass is 328 g/mol. The number of hydrogen-bond donors (Lipinski definition) is 2. The van der Waals surface area contributed by atoms with Crippen LogP contribution in [-0.4, -0.2) is 43.9 Å². The molecule has 3 rings (SSSR count). The van der Waals surface area contributed by atoms with E-state index in [2.05, 4.69) is 28.5 Å². The molecule has 0 bridgehead atoms. The maximum Gasteiger partial charge on any atom is 0.319 e. The molecule has 1 saturated heterocycles. The van der Waals surface area contributed by atoms with Gasteiger partial charge in [-0.05, 0) is 43.2 Å². The van der Waals surface area contributed by atoms with Crippen molar-refractivity contribution in [1.29, 1.82) is 0 Å². The van der Waals surface area contributed by atoms with E-state index < -0.39 is 0 Å². The van der Waals surface area contributed by atoms with E-state index in [1.165, 1.54) is 0 Å². The van der Waals surface area contributed by atoms with E-state index >= 15 is 0 Å². The molecular formula is C18H24N4O2. The third-order valence-corrected chi connectivity index (χ3v) is 4.13. The van der Waals surface area contributed by atoms with Crippen molar-refractivity contribution >= 4 is 28.4 Å². The molecule has 0 atom stereocenters. The van der Waals surface area contributed by atoms with Gasteiger partial charge in [0.2, 0.25) is 0 Å². The van der Waals surface area contributed by atoms with Crippen LogP contribution in [0, 0.1) is 6.92 Å². The van der Waals surface area contributed by atoms with Gasteiger partial charge in [-0.2, -0.15) is 0 Å². The molecule has 1 aliphatic rings. The fourth-order valence-electron chi connectivity index (χ4n) is 2.82. The average Bonchev–Trinajstić information content (AvgIpc) is 2.61. The van der Waals surface area contributed by atoms with Gasteiger partial charge in [-0.15, -0.1) is 0 Å². The highest BCUT2D eigenvalue weighted by Gasteiger charge is 2.14. The highest BCUT2D eigenvalue weighted by Crippen LogP contribution is 2.25. The second kappa shape index (κ2) is 7.49. The summed E-state index contributed by atoms with van der Waals surface area (Å²) in [6.45, 7) is 8.00. The number of ether oxygens (including phenoxy) is 1. The predicted octanol–water partition coefficient (Wildman–Crippen LogP) is 2.91. The molecule has 1 aromatic heterocycles. The van der Waals surface area contributed by atoms with Crippen molar-refractivity contribution in [3.05, 3.63) is 29.8 Å². The number of morpholine rings is 1. The number of fused-ring (bicyclic) bond motifs is 1. The molecule has 128 valence electrons. The third-order valence-electron chi connectivity index (χ3n) is 4.13. The smallest absolute Gasteiger partial charge is 0.319 e. The Morgan fingerprint density at radius 2 is 2.08 bits per heavy atom. The molecule has 2 N–H and O–H groups in total. The van der Waals surface area contributed by atoms with Gasteiger partial charge >= 0.3 is 6.03 Å². The Bertz CT molecular complexity index is 726. The minimum atomic E-state index is -0.174. The summed E-state index contributed by atoms with van der Waals surface area (Å²) >= 11 is 0. The summed E-state index contributed by atoms with van der Waals surface area (Å²) in [5.74, 6) is 0.990. The quantitative estimate of drug-likeness (QED) is 0.906. The van der Waals surface area contributed by atoms with Crippen LogP contribution in [0.5, 0.6) is 0 Å². The largest absolute Gasteiger partial charge is 0.378 e. The molecule has 0 saturated carbocycles. The lowest BCUT2D eigenvalue weighted by Crippen LogP contribution is -2.36. The maximum atomic E-state index is 11.8. The number of urea groups is 1. The van der Waals surface area contributed by atoms with Crippen molar-refractivity contribution in [3.63, 3.8) is 0 Å². The summed E-state index contributed by atoms with van der Waals surface area (Å²) in [5, 5.41) is 6.74. The van der Waals surface area contributed by atoms with Gasteiger partial charge in [0.25, 0.3) is 0 Å². The van der Waals surface area contributed by atoms with Crippen LogP contribution in [0.25, 0.3) is 10.9 Å². The SMILES string of the molecule is CCCNC(=O)Nc1ccc2nc(N3CCOCC3)cc(C)c2c1. The summed E-state index contributed by atoms with van der Waals surface area (Å²) < 4.78 is 5.40. The molecule has 0 unspecified atom stereocenters. The van der Waals surface area contributed by atoms with E-state index in [-0.39, 0.29) is 6.03 Å². The Hall–Kier alpha value is -2.34. The van der Waals surface area contributed by atoms with Crippen molar-refractivity contribution in [2.45, 2.75) is 20.3 Å². The molecule has 1 aliphatic heterocycles. The number of carbonyl (C=O) groups excluding carboxylic acids is 1. The van der Waals surface area contributed by atoms with Gasteiger partial charge in [0.1, 0.15) is 5.82 Å². The second-order valence-corrected chi connectivity index (χ2v) is 6.01. The topological polar surface area (TPSA) is 66.5 Å². The van der Waals surface area contributed by atoms with Crippen LogP contribution >= 0.6 is 0 Å². The van der Waals surface area contributed by atoms with Gasteiger partial charge < -0.3 is 20.3 Å². The van der Waals surface area contributed by atoms with Gasteiger partial charge in [0, 0.05) is 30.7 Å². The third kappa shape index (κ3) is 3.76. The molecule has 2 amide bonds. The number of aryl methyl sites for hydroxylation is 1. The molecule has 6 heteroatoms. The highest BCUT2D eigenvalue weighted by atomic mass is 16.5. The van der Waals surface area contributed by atoms with Crippen molar-refractivity contribution in [1.82, 2.24) is 10.3 Å². The fraction of sp³-hybridized carbons (Fsp3) is 0.444. The van der Waals surface area contributed by atoms with Crippen molar-refractivity contribution < 1.29 is 9.53 Å². The molecule has 24 heavy (non-hydrogen) atoms. The first-order chi connectivity index (χ1) is 11.7. The van der Waals surface area contributed by atoms with Crippen LogP contribution in [0.2, 0.25) is 0 Å². The maximum absolute atomic E-state index is 11.8. The number of nitrogens with zero attached hydrogens (tertiary/aromatic N) is 2. The molecule has 2 aromatic rings. The van der Waals surface area contributed by atoms with E-state index in [0.717, 1.165) is 60.7 Å². The molecule has 0 aliphatic carbocycles. The number of rotatable bonds is 4. The summed E-state index contributed by atoms with van der Waals surface area (Å²) in [7, 11) is 0. The first-order valence-corrected chi connectivity index (χ1v) is 8.46. The number of pyridine rings is 1. The molecule has 1 aromatic carbocycles. The zero-order valence-corrected chi connectivity index (χ0v) is 14.3. The summed E-state index contributed by atoms with van der Waals surface area (Å²) in [5.41, 5.74) is 2.87. The lowest BCUT2D eigenvalue weighted by molar-refractivity contribution is 0.122. The number of anilines is 2. The summed E-state index contributed by atoms with van der Waals surface area (Å²) in [6, 6.07) is 7.76. The first-order valence-electron chi connectivity index (χ1n) is 8.46. The van der Waals surface area contributed by atoms with Crippen LogP contribution in [0.1, 0.15) is 18.9 Å². The Kier molecular flexibility index (Phi) is 5.15. The first kappa shape index (κ1) is 16.5. The number of hydrogen-bond acceptors (Lipinski definition) is 4. The predicted molar refractivity (Wildman–Crippen MR) is 96.8 cm³/mol. The van der Waals surface area contributed by atoms with Crippen molar-refractivity contribution in [2.75, 3.05) is 43.1 Å². The van der Waals surface area contributed by atoms with Gasteiger partial charge in [-0.25, -0.2) is 9.78 Å². The Morgan fingerprint density at radius 1 is 1.29 bits per heavy atom. The van der Waals surface area contributed by atoms with Crippen LogP contribution in [0.4, 0.5) is 16.3 Å². The fourth-order valence-corrected chi connectivity index (χ4v) is 2.82. The average molecular weight is 328 g/mol. The molecule has 0 radical (unpaired) electrons. The molecular weight excluding hydrogens is 304 g/mol. The van der Waals surface area contributed by atoms with E-state index in [9.17, 15) is 4.79 Å². The van der Waals surface area contributed by atoms with Gasteiger partial charge in [0.05, 0.1) is 18.7 Å². The van der Waals surface area contributed by atoms with Crippen molar-refractivity contribution in [2.24, 2.45) is 0 Å². The Labute approximate surface area is 142 Å². The van der Waals surface area contributed by atoms with E-state index in [1.807, 2.05) is 25.1 Å². The van der Waals surface area contributed by atoms with Crippen molar-refractivity contribution in [3.8, 4) is 0 Å². The normalized spacial score (nSPS) is 14.7. The van der Waals surface area contributed by atoms with Crippen LogP contribution in [-0.2, 0) is 4.74 Å². The zero-order valence-electron chi connectivity index (χ0n) is 14.3. The molecule has 6 nitrogen and oxygen atoms in total. The van der Waals surface area contributed by atoms with E-state index in [4.69, 9.17) is 9.72 Å².